The number of rotatable bonds is 4. The third-order valence-corrected chi connectivity index (χ3v) is 5.21. The number of aromatic amines is 1. The third-order valence-electron chi connectivity index (χ3n) is 5.21. The zero-order valence-electron chi connectivity index (χ0n) is 13.6. The molecule has 1 amide bonds. The number of hydrogen-bond donors (Lipinski definition) is 2. The van der Waals surface area contributed by atoms with Crippen LogP contribution in [0.2, 0.25) is 0 Å². The Hall–Kier alpha value is -1.85. The Bertz CT molecular complexity index is 563. The number of methoxy groups -OCH3 is 1. The fourth-order valence-corrected chi connectivity index (χ4v) is 3.88. The molecule has 2 fully saturated rings. The first-order valence-corrected chi connectivity index (χ1v) is 8.63. The molecular weight excluding hydrogens is 294 g/mol. The van der Waals surface area contributed by atoms with Crippen LogP contribution in [0.1, 0.15) is 73.5 Å². The van der Waals surface area contributed by atoms with Crippen LogP contribution < -0.4 is 5.32 Å². The molecule has 0 radical (unpaired) electrons. The van der Waals surface area contributed by atoms with Gasteiger partial charge in [-0.3, -0.25) is 14.7 Å². The summed E-state index contributed by atoms with van der Waals surface area (Å²) in [6.07, 6.45) is 8.62. The largest absolute Gasteiger partial charge is 0.469 e. The standard InChI is InChI=1S/C17H25N3O3/c1-23-17(22)12-8-5-9-13(12)18-16(21)15-10-14(19-20-15)11-6-3-2-4-7-11/h10-13H,2-9H2,1H3,(H,18,21)(H,19,20)/t12-,13+/m0/s1. The van der Waals surface area contributed by atoms with Crippen molar-refractivity contribution in [2.75, 3.05) is 7.11 Å². The molecule has 1 aromatic rings. The molecule has 0 unspecified atom stereocenters. The lowest BCUT2D eigenvalue weighted by atomic mass is 9.87. The van der Waals surface area contributed by atoms with Crippen LogP contribution in [0.5, 0.6) is 0 Å². The number of carbonyl (C=O) groups is 2. The van der Waals surface area contributed by atoms with E-state index in [4.69, 9.17) is 4.74 Å². The van der Waals surface area contributed by atoms with Crippen LogP contribution in [-0.4, -0.2) is 35.2 Å². The Balaban J connectivity index is 1.62. The molecule has 0 saturated heterocycles. The van der Waals surface area contributed by atoms with Crippen molar-refractivity contribution in [2.24, 2.45) is 5.92 Å². The topological polar surface area (TPSA) is 84.1 Å². The number of nitrogens with one attached hydrogen (secondary N) is 2. The zero-order valence-corrected chi connectivity index (χ0v) is 13.6. The molecule has 1 aromatic heterocycles. The first kappa shape index (κ1) is 16.0. The van der Waals surface area contributed by atoms with E-state index in [0.29, 0.717) is 11.6 Å². The first-order chi connectivity index (χ1) is 11.2. The van der Waals surface area contributed by atoms with Gasteiger partial charge in [-0.25, -0.2) is 0 Å². The average Bonchev–Trinajstić information content (AvgIpc) is 3.24. The Labute approximate surface area is 136 Å². The molecular formula is C17H25N3O3. The maximum Gasteiger partial charge on any atom is 0.310 e. The normalized spacial score (nSPS) is 25.3. The van der Waals surface area contributed by atoms with Gasteiger partial charge in [-0.15, -0.1) is 0 Å². The van der Waals surface area contributed by atoms with Gasteiger partial charge in [0, 0.05) is 17.7 Å². The highest BCUT2D eigenvalue weighted by Crippen LogP contribution is 2.32. The minimum Gasteiger partial charge on any atom is -0.469 e. The second-order valence-electron chi connectivity index (χ2n) is 6.68. The van der Waals surface area contributed by atoms with E-state index in [9.17, 15) is 9.59 Å². The van der Waals surface area contributed by atoms with Crippen LogP contribution in [0.3, 0.4) is 0 Å². The molecule has 1 heterocycles. The zero-order chi connectivity index (χ0) is 16.2. The summed E-state index contributed by atoms with van der Waals surface area (Å²) in [6, 6.07) is 1.72. The summed E-state index contributed by atoms with van der Waals surface area (Å²) in [5, 5.41) is 10.1. The monoisotopic (exact) mass is 319 g/mol. The van der Waals surface area contributed by atoms with E-state index < -0.39 is 0 Å². The van der Waals surface area contributed by atoms with Crippen LogP contribution in [0.4, 0.5) is 0 Å². The summed E-state index contributed by atoms with van der Waals surface area (Å²) in [4.78, 5) is 24.2. The van der Waals surface area contributed by atoms with Crippen LogP contribution in [-0.2, 0) is 9.53 Å². The van der Waals surface area contributed by atoms with Crippen molar-refractivity contribution in [2.45, 2.75) is 63.3 Å². The maximum absolute atomic E-state index is 12.4. The average molecular weight is 319 g/mol. The number of H-pyrrole nitrogens is 1. The second kappa shape index (κ2) is 7.15. The van der Waals surface area contributed by atoms with E-state index in [-0.39, 0.29) is 23.8 Å². The van der Waals surface area contributed by atoms with E-state index in [1.807, 2.05) is 6.07 Å². The molecule has 0 spiro atoms. The van der Waals surface area contributed by atoms with Crippen molar-refractivity contribution >= 4 is 11.9 Å². The van der Waals surface area contributed by atoms with Gasteiger partial charge in [0.1, 0.15) is 5.69 Å². The highest BCUT2D eigenvalue weighted by atomic mass is 16.5. The summed E-state index contributed by atoms with van der Waals surface area (Å²) < 4.78 is 4.82. The van der Waals surface area contributed by atoms with E-state index in [1.54, 1.807) is 0 Å². The predicted octanol–water partition coefficient (Wildman–Crippen LogP) is 2.53. The van der Waals surface area contributed by atoms with E-state index in [2.05, 4.69) is 15.5 Å². The van der Waals surface area contributed by atoms with Crippen LogP contribution in [0, 0.1) is 5.92 Å². The number of esters is 1. The molecule has 2 aliphatic carbocycles. The minimum atomic E-state index is -0.238. The molecule has 3 rings (SSSR count). The molecule has 2 N–H and O–H groups in total. The third kappa shape index (κ3) is 3.57. The molecule has 2 atom stereocenters. The highest BCUT2D eigenvalue weighted by Gasteiger charge is 2.35. The number of nitrogens with zero attached hydrogens (tertiary/aromatic N) is 1. The molecule has 6 nitrogen and oxygen atoms in total. The lowest BCUT2D eigenvalue weighted by molar-refractivity contribution is -0.145. The first-order valence-electron chi connectivity index (χ1n) is 8.63. The van der Waals surface area contributed by atoms with E-state index in [0.717, 1.165) is 37.8 Å². The van der Waals surface area contributed by atoms with E-state index >= 15 is 0 Å². The molecule has 0 aliphatic heterocycles. The van der Waals surface area contributed by atoms with Crippen molar-refractivity contribution in [3.05, 3.63) is 17.5 Å². The van der Waals surface area contributed by atoms with Crippen molar-refractivity contribution in [3.8, 4) is 0 Å². The molecule has 0 bridgehead atoms. The van der Waals surface area contributed by atoms with Crippen molar-refractivity contribution < 1.29 is 14.3 Å². The van der Waals surface area contributed by atoms with Crippen molar-refractivity contribution in [1.29, 1.82) is 0 Å². The van der Waals surface area contributed by atoms with Crippen LogP contribution in [0.15, 0.2) is 6.07 Å². The Morgan fingerprint density at radius 3 is 2.70 bits per heavy atom. The summed E-state index contributed by atoms with van der Waals surface area (Å²) in [5.41, 5.74) is 1.48. The van der Waals surface area contributed by atoms with Gasteiger partial charge < -0.3 is 10.1 Å². The molecule has 2 saturated carbocycles. The van der Waals surface area contributed by atoms with Gasteiger partial charge >= 0.3 is 5.97 Å². The molecule has 6 heteroatoms. The highest BCUT2D eigenvalue weighted by molar-refractivity contribution is 5.93. The van der Waals surface area contributed by atoms with Crippen molar-refractivity contribution in [3.63, 3.8) is 0 Å². The van der Waals surface area contributed by atoms with Gasteiger partial charge in [0.25, 0.3) is 5.91 Å². The number of aromatic nitrogens is 2. The minimum absolute atomic E-state index is 0.148. The number of carbonyl (C=O) groups excluding carboxylic acids is 2. The Morgan fingerprint density at radius 2 is 1.96 bits per heavy atom. The van der Waals surface area contributed by atoms with Gasteiger partial charge in [-0.1, -0.05) is 25.7 Å². The lowest BCUT2D eigenvalue weighted by Gasteiger charge is -2.19. The summed E-state index contributed by atoms with van der Waals surface area (Å²) in [5.74, 6) is -0.186. The summed E-state index contributed by atoms with van der Waals surface area (Å²) in [6.45, 7) is 0. The molecule has 2 aliphatic rings. The SMILES string of the molecule is COC(=O)[C@H]1CCC[C@H]1NC(=O)c1cc(C2CCCCC2)[nH]n1. The Kier molecular flexibility index (Phi) is 4.98. The summed E-state index contributed by atoms with van der Waals surface area (Å²) in [7, 11) is 1.39. The quantitative estimate of drug-likeness (QED) is 0.835. The molecule has 23 heavy (non-hydrogen) atoms. The number of hydrogen-bond acceptors (Lipinski definition) is 4. The van der Waals surface area contributed by atoms with E-state index in [1.165, 1.54) is 26.4 Å². The Morgan fingerprint density at radius 1 is 1.17 bits per heavy atom. The van der Waals surface area contributed by atoms with Gasteiger partial charge in [0.2, 0.25) is 0 Å². The maximum atomic E-state index is 12.4. The summed E-state index contributed by atoms with van der Waals surface area (Å²) >= 11 is 0. The number of amides is 1. The van der Waals surface area contributed by atoms with Gasteiger partial charge in [-0.2, -0.15) is 5.10 Å². The van der Waals surface area contributed by atoms with Gasteiger partial charge in [-0.05, 0) is 31.7 Å². The van der Waals surface area contributed by atoms with Crippen LogP contribution in [0.25, 0.3) is 0 Å². The van der Waals surface area contributed by atoms with Gasteiger partial charge in [0.05, 0.1) is 13.0 Å². The second-order valence-corrected chi connectivity index (χ2v) is 6.68. The fraction of sp³-hybridized carbons (Fsp3) is 0.706. The lowest BCUT2D eigenvalue weighted by Crippen LogP contribution is -2.40. The van der Waals surface area contributed by atoms with Gasteiger partial charge in [0.15, 0.2) is 0 Å². The molecule has 0 aromatic carbocycles. The predicted molar refractivity (Wildman–Crippen MR) is 85.0 cm³/mol. The number of ether oxygens (including phenoxy) is 1. The molecule has 126 valence electrons. The smallest absolute Gasteiger partial charge is 0.310 e. The van der Waals surface area contributed by atoms with Crippen LogP contribution >= 0.6 is 0 Å². The van der Waals surface area contributed by atoms with Crippen molar-refractivity contribution in [1.82, 2.24) is 15.5 Å². The fourth-order valence-electron chi connectivity index (χ4n) is 3.88.